The zero-order valence-electron chi connectivity index (χ0n) is 10.8. The van der Waals surface area contributed by atoms with E-state index >= 15 is 0 Å². The van der Waals surface area contributed by atoms with E-state index in [1.54, 1.807) is 19.2 Å². The Kier molecular flexibility index (Phi) is 3.71. The van der Waals surface area contributed by atoms with Crippen molar-refractivity contribution >= 4 is 39.9 Å². The summed E-state index contributed by atoms with van der Waals surface area (Å²) < 4.78 is 5.12. The van der Waals surface area contributed by atoms with Crippen LogP contribution in [-0.2, 0) is 4.79 Å². The summed E-state index contributed by atoms with van der Waals surface area (Å²) in [5, 5.41) is 12.5. The number of hydrogen-bond donors (Lipinski definition) is 2. The van der Waals surface area contributed by atoms with Gasteiger partial charge in [-0.05, 0) is 30.4 Å². The molecular weight excluding hydrogens is 280 g/mol. The Morgan fingerprint density at radius 3 is 2.75 bits per heavy atom. The number of phenolic OH excluding ortho intramolecular Hbond substituents is 1. The van der Waals surface area contributed by atoms with Crippen molar-refractivity contribution in [1.82, 2.24) is 5.32 Å². The predicted molar refractivity (Wildman–Crippen MR) is 79.0 cm³/mol. The van der Waals surface area contributed by atoms with E-state index in [9.17, 15) is 14.7 Å². The van der Waals surface area contributed by atoms with Crippen molar-refractivity contribution in [2.24, 2.45) is 0 Å². The summed E-state index contributed by atoms with van der Waals surface area (Å²) in [6.45, 7) is 1.33. The highest BCUT2D eigenvalue weighted by atomic mass is 32.1. The van der Waals surface area contributed by atoms with Crippen molar-refractivity contribution in [3.05, 3.63) is 34.7 Å². The molecule has 0 saturated heterocycles. The normalized spacial score (nSPS) is 10.3. The van der Waals surface area contributed by atoms with Gasteiger partial charge in [-0.1, -0.05) is 0 Å². The maximum absolute atomic E-state index is 11.9. The van der Waals surface area contributed by atoms with E-state index in [0.29, 0.717) is 5.39 Å². The van der Waals surface area contributed by atoms with Crippen molar-refractivity contribution in [3.63, 3.8) is 0 Å². The topological polar surface area (TPSA) is 82.8 Å². The minimum absolute atomic E-state index is 0.00974. The first-order chi connectivity index (χ1) is 9.38. The van der Waals surface area contributed by atoms with Gasteiger partial charge in [0.15, 0.2) is 5.11 Å². The number of aromatic hydroxyl groups is 1. The number of phenols is 1. The van der Waals surface area contributed by atoms with Crippen LogP contribution in [0.15, 0.2) is 33.5 Å². The van der Waals surface area contributed by atoms with E-state index < -0.39 is 5.63 Å². The Hall–Kier alpha value is -2.41. The lowest BCUT2D eigenvalue weighted by Crippen LogP contribution is -2.41. The molecule has 104 valence electrons. The van der Waals surface area contributed by atoms with Crippen LogP contribution in [0, 0.1) is 0 Å². The highest BCUT2D eigenvalue weighted by Crippen LogP contribution is 2.21. The average molecular weight is 292 g/mol. The second-order valence-electron chi connectivity index (χ2n) is 4.19. The zero-order valence-corrected chi connectivity index (χ0v) is 11.7. The van der Waals surface area contributed by atoms with Crippen LogP contribution in [0.2, 0.25) is 0 Å². The highest BCUT2D eigenvalue weighted by Gasteiger charge is 2.14. The van der Waals surface area contributed by atoms with E-state index in [0.717, 1.165) is 0 Å². The number of nitrogens with zero attached hydrogens (tertiary/aromatic N) is 1. The molecule has 0 radical (unpaired) electrons. The van der Waals surface area contributed by atoms with E-state index in [1.165, 1.54) is 24.0 Å². The van der Waals surface area contributed by atoms with Gasteiger partial charge in [0.2, 0.25) is 5.91 Å². The SMILES string of the molecule is CC(=O)NC(=S)N(C)c1cc2ccc(O)cc2oc1=O. The average Bonchev–Trinajstić information content (AvgIpc) is 2.36. The number of carbonyl (C=O) groups excluding carboxylic acids is 1. The van der Waals surface area contributed by atoms with Gasteiger partial charge in [-0.2, -0.15) is 0 Å². The van der Waals surface area contributed by atoms with Gasteiger partial charge < -0.3 is 19.7 Å². The second-order valence-corrected chi connectivity index (χ2v) is 4.57. The lowest BCUT2D eigenvalue weighted by Gasteiger charge is -2.18. The van der Waals surface area contributed by atoms with E-state index in [4.69, 9.17) is 16.6 Å². The largest absolute Gasteiger partial charge is 0.508 e. The molecule has 0 aliphatic carbocycles. The molecule has 7 heteroatoms. The molecule has 1 amide bonds. The maximum Gasteiger partial charge on any atom is 0.360 e. The number of rotatable bonds is 1. The molecular formula is C13H12N2O4S. The Labute approximate surface area is 119 Å². The van der Waals surface area contributed by atoms with Crippen molar-refractivity contribution in [3.8, 4) is 5.75 Å². The van der Waals surface area contributed by atoms with Crippen LogP contribution in [0.3, 0.4) is 0 Å². The number of fused-ring (bicyclic) bond motifs is 1. The fraction of sp³-hybridized carbons (Fsp3) is 0.154. The molecule has 0 saturated carbocycles. The first-order valence-electron chi connectivity index (χ1n) is 5.70. The standard InChI is InChI=1S/C13H12N2O4S/c1-7(16)14-13(20)15(2)10-5-8-3-4-9(17)6-11(8)19-12(10)18/h3-6,17H,1-2H3,(H,14,16,20). The number of hydrogen-bond acceptors (Lipinski definition) is 5. The van der Waals surface area contributed by atoms with Gasteiger partial charge in [-0.15, -0.1) is 0 Å². The summed E-state index contributed by atoms with van der Waals surface area (Å²) in [6.07, 6.45) is 0. The molecule has 0 aliphatic rings. The molecule has 0 fully saturated rings. The summed E-state index contributed by atoms with van der Waals surface area (Å²) in [6, 6.07) is 6.03. The number of nitrogens with one attached hydrogen (secondary N) is 1. The molecule has 2 rings (SSSR count). The summed E-state index contributed by atoms with van der Waals surface area (Å²) in [7, 11) is 1.55. The fourth-order valence-electron chi connectivity index (χ4n) is 1.67. The van der Waals surface area contributed by atoms with Crippen LogP contribution in [0.1, 0.15) is 6.92 Å². The lowest BCUT2D eigenvalue weighted by molar-refractivity contribution is -0.117. The van der Waals surface area contributed by atoms with Crippen LogP contribution in [0.25, 0.3) is 11.0 Å². The number of anilines is 1. The molecule has 1 aromatic carbocycles. The summed E-state index contributed by atoms with van der Waals surface area (Å²) in [4.78, 5) is 24.2. The third kappa shape index (κ3) is 2.77. The monoisotopic (exact) mass is 292 g/mol. The molecule has 0 atom stereocenters. The fourth-order valence-corrected chi connectivity index (χ4v) is 1.91. The molecule has 1 heterocycles. The molecule has 20 heavy (non-hydrogen) atoms. The van der Waals surface area contributed by atoms with Crippen LogP contribution in [-0.4, -0.2) is 23.2 Å². The number of thiocarbonyl (C=S) groups is 1. The Morgan fingerprint density at radius 1 is 1.40 bits per heavy atom. The Morgan fingerprint density at radius 2 is 2.10 bits per heavy atom. The molecule has 0 spiro atoms. The van der Waals surface area contributed by atoms with Crippen molar-refractivity contribution in [1.29, 1.82) is 0 Å². The molecule has 0 bridgehead atoms. The first kappa shape index (κ1) is 14.0. The third-order valence-electron chi connectivity index (χ3n) is 2.65. The minimum Gasteiger partial charge on any atom is -0.508 e. The van der Waals surface area contributed by atoms with Crippen LogP contribution in [0.5, 0.6) is 5.75 Å². The summed E-state index contributed by atoms with van der Waals surface area (Å²) in [5.74, 6) is -0.313. The van der Waals surface area contributed by atoms with Crippen molar-refractivity contribution < 1.29 is 14.3 Å². The molecule has 2 aromatic rings. The van der Waals surface area contributed by atoms with E-state index in [2.05, 4.69) is 5.32 Å². The van der Waals surface area contributed by atoms with Crippen LogP contribution >= 0.6 is 12.2 Å². The van der Waals surface area contributed by atoms with Crippen molar-refractivity contribution in [2.45, 2.75) is 6.92 Å². The van der Waals surface area contributed by atoms with E-state index in [-0.39, 0.29) is 28.0 Å². The van der Waals surface area contributed by atoms with Crippen molar-refractivity contribution in [2.75, 3.05) is 11.9 Å². The van der Waals surface area contributed by atoms with Gasteiger partial charge >= 0.3 is 5.63 Å². The first-order valence-corrected chi connectivity index (χ1v) is 6.11. The van der Waals surface area contributed by atoms with Crippen LogP contribution < -0.4 is 15.8 Å². The Balaban J connectivity index is 2.47. The van der Waals surface area contributed by atoms with Crippen LogP contribution in [0.4, 0.5) is 5.69 Å². The highest BCUT2D eigenvalue weighted by molar-refractivity contribution is 7.80. The molecule has 6 nitrogen and oxygen atoms in total. The van der Waals surface area contributed by atoms with Gasteiger partial charge in [0.1, 0.15) is 17.0 Å². The molecule has 2 N–H and O–H groups in total. The molecule has 0 aliphatic heterocycles. The Bertz CT molecular complexity index is 754. The van der Waals surface area contributed by atoms with E-state index in [1.807, 2.05) is 0 Å². The number of amides is 1. The summed E-state index contributed by atoms with van der Waals surface area (Å²) in [5.41, 5.74) is -0.141. The number of benzene rings is 1. The van der Waals surface area contributed by atoms with Gasteiger partial charge in [-0.25, -0.2) is 4.79 Å². The number of carbonyl (C=O) groups is 1. The smallest absolute Gasteiger partial charge is 0.360 e. The van der Waals surface area contributed by atoms with Gasteiger partial charge in [0.25, 0.3) is 0 Å². The van der Waals surface area contributed by atoms with Gasteiger partial charge in [0.05, 0.1) is 0 Å². The summed E-state index contributed by atoms with van der Waals surface area (Å²) >= 11 is 5.01. The third-order valence-corrected chi connectivity index (χ3v) is 3.03. The quantitative estimate of drug-likeness (QED) is 0.610. The predicted octanol–water partition coefficient (Wildman–Crippen LogP) is 1.36. The zero-order chi connectivity index (χ0) is 14.9. The second kappa shape index (κ2) is 5.30. The lowest BCUT2D eigenvalue weighted by atomic mass is 10.2. The maximum atomic E-state index is 11.9. The molecule has 0 unspecified atom stereocenters. The minimum atomic E-state index is -0.613. The van der Waals surface area contributed by atoms with Gasteiger partial charge in [0, 0.05) is 25.4 Å². The van der Waals surface area contributed by atoms with Gasteiger partial charge in [-0.3, -0.25) is 4.79 Å². The molecule has 1 aromatic heterocycles.